The first-order chi connectivity index (χ1) is 17.5. The third-order valence-corrected chi connectivity index (χ3v) is 6.30. The van der Waals surface area contributed by atoms with E-state index < -0.39 is 73.4 Å². The molecule has 2 aliphatic rings. The van der Waals surface area contributed by atoms with E-state index in [4.69, 9.17) is 37.9 Å². The molecule has 0 bridgehead atoms. The Morgan fingerprint density at radius 3 is 1.89 bits per heavy atom. The molecule has 0 aromatic rings. The molecule has 13 heteroatoms. The molecule has 2 saturated heterocycles. The second-order valence-corrected chi connectivity index (χ2v) is 9.81. The smallest absolute Gasteiger partial charge is 0.187 e. The van der Waals surface area contributed by atoms with Crippen molar-refractivity contribution in [2.45, 2.75) is 107 Å². The molecule has 2 rings (SSSR count). The van der Waals surface area contributed by atoms with Crippen LogP contribution in [0.1, 0.15) is 27.7 Å². The van der Waals surface area contributed by atoms with Crippen LogP contribution in [-0.2, 0) is 37.9 Å². The molecule has 220 valence electrons. The highest BCUT2D eigenvalue weighted by atomic mass is 16.7. The third kappa shape index (κ3) is 9.57. The highest BCUT2D eigenvalue weighted by Crippen LogP contribution is 2.31. The molecule has 13 atom stereocenters. The fraction of sp³-hybridized carbons (Fsp3) is 1.00. The zero-order chi connectivity index (χ0) is 27.7. The van der Waals surface area contributed by atoms with Gasteiger partial charge in [-0.25, -0.2) is 0 Å². The molecule has 2 fully saturated rings. The summed E-state index contributed by atoms with van der Waals surface area (Å²) in [6.45, 7) is 6.93. The van der Waals surface area contributed by atoms with E-state index >= 15 is 0 Å². The van der Waals surface area contributed by atoms with Crippen LogP contribution in [-0.4, -0.2) is 152 Å². The minimum atomic E-state index is -1.51. The fourth-order valence-corrected chi connectivity index (χ4v) is 4.27. The van der Waals surface area contributed by atoms with Crippen LogP contribution in [0.15, 0.2) is 0 Å². The molecule has 2 heterocycles. The van der Waals surface area contributed by atoms with Crippen molar-refractivity contribution in [1.82, 2.24) is 0 Å². The van der Waals surface area contributed by atoms with E-state index in [1.807, 2.05) is 6.92 Å². The van der Waals surface area contributed by atoms with Gasteiger partial charge in [0.15, 0.2) is 6.29 Å². The first kappa shape index (κ1) is 32.7. The summed E-state index contributed by atoms with van der Waals surface area (Å²) in [4.78, 5) is 0. The summed E-state index contributed by atoms with van der Waals surface area (Å²) in [5.74, 6) is 0. The average molecular weight is 543 g/mol. The van der Waals surface area contributed by atoms with E-state index in [9.17, 15) is 25.5 Å². The number of rotatable bonds is 15. The molecule has 0 amide bonds. The minimum absolute atomic E-state index is 0.0255. The molecule has 5 N–H and O–H groups in total. The second kappa shape index (κ2) is 15.9. The SMILES string of the molecule is COC(C)COC[C@@H]1OC(O[C@@H]2C(COCC(C)O)OC(C)[C@@H](OCC(C)O)[C@H]2O)C(O)C(O)[C@@H]1OC. The minimum Gasteiger partial charge on any atom is -0.391 e. The summed E-state index contributed by atoms with van der Waals surface area (Å²) in [6, 6.07) is 0. The van der Waals surface area contributed by atoms with Crippen molar-refractivity contribution < 1.29 is 63.4 Å². The molecule has 0 saturated carbocycles. The zero-order valence-corrected chi connectivity index (χ0v) is 22.5. The van der Waals surface area contributed by atoms with Crippen LogP contribution in [0.3, 0.4) is 0 Å². The van der Waals surface area contributed by atoms with Crippen molar-refractivity contribution in [1.29, 1.82) is 0 Å². The Balaban J connectivity index is 2.18. The van der Waals surface area contributed by atoms with Gasteiger partial charge in [-0.2, -0.15) is 0 Å². The van der Waals surface area contributed by atoms with Crippen LogP contribution in [0, 0.1) is 0 Å². The molecule has 0 aliphatic carbocycles. The number of hydrogen-bond acceptors (Lipinski definition) is 13. The molecule has 13 nitrogen and oxygen atoms in total. The van der Waals surface area contributed by atoms with Crippen LogP contribution < -0.4 is 0 Å². The molecule has 37 heavy (non-hydrogen) atoms. The molecular weight excluding hydrogens is 496 g/mol. The van der Waals surface area contributed by atoms with Gasteiger partial charge in [-0.1, -0.05) is 0 Å². The number of aliphatic hydroxyl groups is 5. The van der Waals surface area contributed by atoms with Crippen molar-refractivity contribution in [3.63, 3.8) is 0 Å². The predicted molar refractivity (Wildman–Crippen MR) is 128 cm³/mol. The van der Waals surface area contributed by atoms with Crippen LogP contribution in [0.5, 0.6) is 0 Å². The quantitative estimate of drug-likeness (QED) is 0.157. The summed E-state index contributed by atoms with van der Waals surface area (Å²) in [7, 11) is 2.95. The molecule has 0 aromatic heterocycles. The highest BCUT2D eigenvalue weighted by Gasteiger charge is 2.51. The van der Waals surface area contributed by atoms with E-state index in [-0.39, 0.29) is 39.1 Å². The van der Waals surface area contributed by atoms with E-state index in [1.165, 1.54) is 7.11 Å². The standard InChI is InChI=1S/C24H46O13/c1-12(25)7-32-11-17-23(20(29)21(15(4)35-17)34-8-13(2)26)37-24-19(28)18(27)22(31-6)16(36-24)10-33-9-14(3)30-5/h12-29H,7-11H2,1-6H3/t12?,13?,14?,15?,16-,17?,18?,19?,20+,21+,22+,23+,24?/m0/s1. The van der Waals surface area contributed by atoms with E-state index in [0.29, 0.717) is 0 Å². The van der Waals surface area contributed by atoms with E-state index in [1.54, 1.807) is 27.9 Å². The fourth-order valence-electron chi connectivity index (χ4n) is 4.27. The summed E-state index contributed by atoms with van der Waals surface area (Å²) >= 11 is 0. The van der Waals surface area contributed by atoms with Crippen LogP contribution >= 0.6 is 0 Å². The van der Waals surface area contributed by atoms with Crippen molar-refractivity contribution in [3.8, 4) is 0 Å². The van der Waals surface area contributed by atoms with Gasteiger partial charge in [0.25, 0.3) is 0 Å². The normalized spacial score (nSPS) is 39.3. The van der Waals surface area contributed by atoms with Gasteiger partial charge in [0.2, 0.25) is 0 Å². The van der Waals surface area contributed by atoms with Gasteiger partial charge in [-0.05, 0) is 27.7 Å². The number of ether oxygens (including phenoxy) is 8. The maximum Gasteiger partial charge on any atom is 0.187 e. The highest BCUT2D eigenvalue weighted by molar-refractivity contribution is 4.96. The molecule has 0 spiro atoms. The predicted octanol–water partition coefficient (Wildman–Crippen LogP) is -1.80. The zero-order valence-electron chi connectivity index (χ0n) is 22.5. The first-order valence-electron chi connectivity index (χ1n) is 12.7. The lowest BCUT2D eigenvalue weighted by atomic mass is 9.94. The Morgan fingerprint density at radius 1 is 0.730 bits per heavy atom. The van der Waals surface area contributed by atoms with E-state index in [2.05, 4.69) is 0 Å². The number of methoxy groups -OCH3 is 2. The largest absolute Gasteiger partial charge is 0.391 e. The van der Waals surface area contributed by atoms with Gasteiger partial charge >= 0.3 is 0 Å². The molecule has 2 aliphatic heterocycles. The molecular formula is C24H46O13. The first-order valence-corrected chi connectivity index (χ1v) is 12.7. The second-order valence-electron chi connectivity index (χ2n) is 9.81. The Labute approximate surface area is 218 Å². The van der Waals surface area contributed by atoms with Crippen LogP contribution in [0.2, 0.25) is 0 Å². The maximum absolute atomic E-state index is 11.2. The summed E-state index contributed by atoms with van der Waals surface area (Å²) in [6.07, 6.45) is -12.2. The van der Waals surface area contributed by atoms with Crippen molar-refractivity contribution in [2.24, 2.45) is 0 Å². The van der Waals surface area contributed by atoms with Gasteiger partial charge < -0.3 is 63.4 Å². The Kier molecular flexibility index (Phi) is 14.1. The number of hydrogen-bond donors (Lipinski definition) is 5. The lowest BCUT2D eigenvalue weighted by Crippen LogP contribution is -2.65. The maximum atomic E-state index is 11.2. The van der Waals surface area contributed by atoms with Gasteiger partial charge in [0, 0.05) is 14.2 Å². The third-order valence-electron chi connectivity index (χ3n) is 6.30. The van der Waals surface area contributed by atoms with Gasteiger partial charge in [-0.15, -0.1) is 0 Å². The molecule has 0 aromatic carbocycles. The summed E-state index contributed by atoms with van der Waals surface area (Å²) in [5, 5.41) is 51.8. The van der Waals surface area contributed by atoms with Crippen molar-refractivity contribution in [2.75, 3.05) is 47.3 Å². The lowest BCUT2D eigenvalue weighted by molar-refractivity contribution is -0.346. The number of aliphatic hydroxyl groups excluding tert-OH is 5. The van der Waals surface area contributed by atoms with Gasteiger partial charge in [0.1, 0.15) is 48.8 Å². The summed E-state index contributed by atoms with van der Waals surface area (Å²) in [5.41, 5.74) is 0. The van der Waals surface area contributed by atoms with Crippen LogP contribution in [0.4, 0.5) is 0 Å². The lowest BCUT2D eigenvalue weighted by Gasteiger charge is -2.47. The Hall–Kier alpha value is -0.520. The molecule has 0 radical (unpaired) electrons. The monoisotopic (exact) mass is 542 g/mol. The Bertz CT molecular complexity index is 621. The topological polar surface area (TPSA) is 175 Å². The van der Waals surface area contributed by atoms with E-state index in [0.717, 1.165) is 0 Å². The van der Waals surface area contributed by atoms with Crippen molar-refractivity contribution >= 4 is 0 Å². The Morgan fingerprint density at radius 2 is 1.32 bits per heavy atom. The van der Waals surface area contributed by atoms with Crippen LogP contribution in [0.25, 0.3) is 0 Å². The van der Waals surface area contributed by atoms with Crippen molar-refractivity contribution in [3.05, 3.63) is 0 Å². The van der Waals surface area contributed by atoms with Gasteiger partial charge in [0.05, 0.1) is 57.5 Å². The molecule has 8 unspecified atom stereocenters. The van der Waals surface area contributed by atoms with Gasteiger partial charge in [-0.3, -0.25) is 0 Å². The summed E-state index contributed by atoms with van der Waals surface area (Å²) < 4.78 is 45.3. The average Bonchev–Trinajstić information content (AvgIpc) is 2.83.